The molecule has 2 aliphatic heterocycles. The van der Waals surface area contributed by atoms with Gasteiger partial charge in [0, 0.05) is 18.7 Å². The molecule has 2 aliphatic rings. The number of para-hydroxylation sites is 1. The molecule has 19 heavy (non-hydrogen) atoms. The van der Waals surface area contributed by atoms with Crippen LogP contribution in [0.2, 0.25) is 0 Å². The number of ether oxygens (including phenoxy) is 1. The highest BCUT2D eigenvalue weighted by Gasteiger charge is 2.27. The molecule has 0 aliphatic carbocycles. The maximum atomic E-state index is 12.5. The molecule has 1 N–H and O–H groups in total. The van der Waals surface area contributed by atoms with Gasteiger partial charge >= 0.3 is 0 Å². The lowest BCUT2D eigenvalue weighted by molar-refractivity contribution is -0.136. The van der Waals surface area contributed by atoms with Crippen molar-refractivity contribution in [3.05, 3.63) is 29.8 Å². The first-order valence-electron chi connectivity index (χ1n) is 7.05. The van der Waals surface area contributed by atoms with Crippen molar-refractivity contribution in [1.29, 1.82) is 0 Å². The SMILES string of the molecule is O=C([C@@H]1CCCNC1)N1CCOc2ccccc2C1. The van der Waals surface area contributed by atoms with Crippen molar-refractivity contribution >= 4 is 5.91 Å². The minimum absolute atomic E-state index is 0.138. The van der Waals surface area contributed by atoms with E-state index in [1.165, 1.54) is 0 Å². The second kappa shape index (κ2) is 5.61. The van der Waals surface area contributed by atoms with Crippen LogP contribution in [0.25, 0.3) is 0 Å². The van der Waals surface area contributed by atoms with Gasteiger partial charge in [0.15, 0.2) is 0 Å². The van der Waals surface area contributed by atoms with Gasteiger partial charge in [-0.1, -0.05) is 18.2 Å². The highest BCUT2D eigenvalue weighted by Crippen LogP contribution is 2.24. The van der Waals surface area contributed by atoms with Gasteiger partial charge in [0.2, 0.25) is 5.91 Å². The number of hydrogen-bond acceptors (Lipinski definition) is 3. The van der Waals surface area contributed by atoms with E-state index in [1.807, 2.05) is 29.2 Å². The molecule has 3 rings (SSSR count). The predicted molar refractivity (Wildman–Crippen MR) is 72.9 cm³/mol. The first-order valence-corrected chi connectivity index (χ1v) is 7.05. The number of fused-ring (bicyclic) bond motifs is 1. The van der Waals surface area contributed by atoms with Crippen LogP contribution in [0.1, 0.15) is 18.4 Å². The zero-order valence-corrected chi connectivity index (χ0v) is 11.1. The summed E-state index contributed by atoms with van der Waals surface area (Å²) in [5, 5.41) is 3.31. The van der Waals surface area contributed by atoms with Gasteiger partial charge < -0.3 is 15.0 Å². The second-order valence-electron chi connectivity index (χ2n) is 5.26. The zero-order valence-electron chi connectivity index (χ0n) is 11.1. The highest BCUT2D eigenvalue weighted by atomic mass is 16.5. The van der Waals surface area contributed by atoms with Gasteiger partial charge in [0.25, 0.3) is 0 Å². The van der Waals surface area contributed by atoms with Crippen molar-refractivity contribution in [3.63, 3.8) is 0 Å². The van der Waals surface area contributed by atoms with E-state index in [2.05, 4.69) is 5.32 Å². The number of carbonyl (C=O) groups is 1. The Bertz CT molecular complexity index is 455. The molecule has 2 heterocycles. The maximum Gasteiger partial charge on any atom is 0.227 e. The summed E-state index contributed by atoms with van der Waals surface area (Å²) < 4.78 is 5.71. The summed E-state index contributed by atoms with van der Waals surface area (Å²) in [5.74, 6) is 1.33. The fraction of sp³-hybridized carbons (Fsp3) is 0.533. The Morgan fingerprint density at radius 1 is 1.37 bits per heavy atom. The van der Waals surface area contributed by atoms with Crippen LogP contribution in [0, 0.1) is 5.92 Å². The molecule has 1 aromatic rings. The summed E-state index contributed by atoms with van der Waals surface area (Å²) in [5.41, 5.74) is 1.11. The van der Waals surface area contributed by atoms with Gasteiger partial charge in [-0.25, -0.2) is 0 Å². The maximum absolute atomic E-state index is 12.5. The average molecular weight is 260 g/mol. The van der Waals surface area contributed by atoms with E-state index in [4.69, 9.17) is 4.74 Å². The van der Waals surface area contributed by atoms with E-state index >= 15 is 0 Å². The van der Waals surface area contributed by atoms with Gasteiger partial charge in [-0.2, -0.15) is 0 Å². The van der Waals surface area contributed by atoms with E-state index < -0.39 is 0 Å². The van der Waals surface area contributed by atoms with Gasteiger partial charge in [0.1, 0.15) is 12.4 Å². The third kappa shape index (κ3) is 2.73. The second-order valence-corrected chi connectivity index (χ2v) is 5.26. The molecule has 1 saturated heterocycles. The number of rotatable bonds is 1. The summed E-state index contributed by atoms with van der Waals surface area (Å²) in [6.07, 6.45) is 2.10. The van der Waals surface area contributed by atoms with Crippen LogP contribution in [0.5, 0.6) is 5.75 Å². The predicted octanol–water partition coefficient (Wildman–Crippen LogP) is 1.41. The summed E-state index contributed by atoms with van der Waals surface area (Å²) in [6, 6.07) is 7.99. The number of amides is 1. The lowest BCUT2D eigenvalue weighted by Gasteiger charge is -2.28. The van der Waals surface area contributed by atoms with Crippen molar-refractivity contribution in [1.82, 2.24) is 10.2 Å². The standard InChI is InChI=1S/C15H20N2O2/c18-15(12-5-3-7-16-10-12)17-8-9-19-14-6-2-1-4-13(14)11-17/h1-2,4,6,12,16H,3,5,7-11H2/t12-/m1/s1. The number of nitrogens with one attached hydrogen (secondary N) is 1. The Labute approximate surface area is 113 Å². The van der Waals surface area contributed by atoms with E-state index in [1.54, 1.807) is 0 Å². The molecular weight excluding hydrogens is 240 g/mol. The molecule has 0 radical (unpaired) electrons. The van der Waals surface area contributed by atoms with Gasteiger partial charge in [-0.15, -0.1) is 0 Å². The third-order valence-electron chi connectivity index (χ3n) is 3.91. The van der Waals surface area contributed by atoms with E-state index in [9.17, 15) is 4.79 Å². The number of nitrogens with zero attached hydrogens (tertiary/aromatic N) is 1. The molecule has 102 valence electrons. The first-order chi connectivity index (χ1) is 9.34. The molecular formula is C15H20N2O2. The highest BCUT2D eigenvalue weighted by molar-refractivity contribution is 5.79. The Kier molecular flexibility index (Phi) is 3.69. The largest absolute Gasteiger partial charge is 0.491 e. The molecule has 1 atom stereocenters. The van der Waals surface area contributed by atoms with Crippen LogP contribution in [-0.2, 0) is 11.3 Å². The van der Waals surface area contributed by atoms with Crippen molar-refractivity contribution < 1.29 is 9.53 Å². The van der Waals surface area contributed by atoms with E-state index in [0.29, 0.717) is 19.7 Å². The minimum atomic E-state index is 0.138. The molecule has 0 saturated carbocycles. The number of benzene rings is 1. The molecule has 0 aromatic heterocycles. The summed E-state index contributed by atoms with van der Waals surface area (Å²) in [4.78, 5) is 14.5. The fourth-order valence-corrected chi connectivity index (χ4v) is 2.83. The topological polar surface area (TPSA) is 41.6 Å². The molecule has 4 heteroatoms. The molecule has 0 bridgehead atoms. The number of hydrogen-bond donors (Lipinski definition) is 1. The van der Waals surface area contributed by atoms with Crippen molar-refractivity contribution in [3.8, 4) is 5.75 Å². The Morgan fingerprint density at radius 3 is 3.11 bits per heavy atom. The molecule has 0 unspecified atom stereocenters. The van der Waals surface area contributed by atoms with E-state index in [-0.39, 0.29) is 11.8 Å². The summed E-state index contributed by atoms with van der Waals surface area (Å²) >= 11 is 0. The lowest BCUT2D eigenvalue weighted by atomic mass is 9.98. The van der Waals surface area contributed by atoms with Crippen molar-refractivity contribution in [2.75, 3.05) is 26.2 Å². The number of carbonyl (C=O) groups excluding carboxylic acids is 1. The van der Waals surface area contributed by atoms with Crippen LogP contribution in [-0.4, -0.2) is 37.0 Å². The monoisotopic (exact) mass is 260 g/mol. The first kappa shape index (κ1) is 12.5. The van der Waals surface area contributed by atoms with Crippen LogP contribution in [0.15, 0.2) is 24.3 Å². The number of piperidine rings is 1. The van der Waals surface area contributed by atoms with Crippen LogP contribution >= 0.6 is 0 Å². The molecule has 1 fully saturated rings. The van der Waals surface area contributed by atoms with E-state index in [0.717, 1.165) is 37.2 Å². The quantitative estimate of drug-likeness (QED) is 0.830. The van der Waals surface area contributed by atoms with Gasteiger partial charge in [-0.05, 0) is 25.5 Å². The van der Waals surface area contributed by atoms with Crippen molar-refractivity contribution in [2.24, 2.45) is 5.92 Å². The molecule has 1 aromatic carbocycles. The zero-order chi connectivity index (χ0) is 13.1. The normalized spacial score (nSPS) is 23.2. The summed E-state index contributed by atoms with van der Waals surface area (Å²) in [6.45, 7) is 3.80. The Hall–Kier alpha value is -1.55. The summed E-state index contributed by atoms with van der Waals surface area (Å²) in [7, 11) is 0. The van der Waals surface area contributed by atoms with Gasteiger partial charge in [0.05, 0.1) is 12.5 Å². The molecule has 4 nitrogen and oxygen atoms in total. The van der Waals surface area contributed by atoms with Crippen LogP contribution < -0.4 is 10.1 Å². The Balaban J connectivity index is 1.73. The van der Waals surface area contributed by atoms with Crippen LogP contribution in [0.3, 0.4) is 0 Å². The smallest absolute Gasteiger partial charge is 0.227 e. The van der Waals surface area contributed by atoms with Crippen molar-refractivity contribution in [2.45, 2.75) is 19.4 Å². The Morgan fingerprint density at radius 2 is 2.26 bits per heavy atom. The minimum Gasteiger partial charge on any atom is -0.491 e. The third-order valence-corrected chi connectivity index (χ3v) is 3.91. The van der Waals surface area contributed by atoms with Gasteiger partial charge in [-0.3, -0.25) is 4.79 Å². The average Bonchev–Trinajstić information content (AvgIpc) is 2.69. The lowest BCUT2D eigenvalue weighted by Crippen LogP contribution is -2.43. The fourth-order valence-electron chi connectivity index (χ4n) is 2.83. The molecule has 1 amide bonds. The van der Waals surface area contributed by atoms with Crippen LogP contribution in [0.4, 0.5) is 0 Å². The molecule has 0 spiro atoms.